The van der Waals surface area contributed by atoms with Crippen molar-refractivity contribution in [3.05, 3.63) is 22.4 Å². The molecule has 0 radical (unpaired) electrons. The molecule has 1 heterocycles. The molecular weight excluding hydrogens is 226 g/mol. The molecule has 2 saturated carbocycles. The molecule has 0 spiro atoms. The molecule has 2 fully saturated rings. The van der Waals surface area contributed by atoms with E-state index in [1.54, 1.807) is 0 Å². The first-order valence-electron chi connectivity index (χ1n) is 7.02. The molecule has 3 atom stereocenters. The first kappa shape index (κ1) is 11.7. The van der Waals surface area contributed by atoms with Crippen LogP contribution < -0.4 is 5.73 Å². The van der Waals surface area contributed by atoms with Crippen molar-refractivity contribution in [1.29, 1.82) is 0 Å². The molecule has 0 saturated heterocycles. The molecule has 1 aromatic rings. The maximum atomic E-state index is 7.02. The second kappa shape index (κ2) is 3.83. The lowest BCUT2D eigenvalue weighted by atomic mass is 9.58. The van der Waals surface area contributed by atoms with E-state index in [1.807, 2.05) is 11.3 Å². The number of hydrogen-bond donors (Lipinski definition) is 1. The monoisotopic (exact) mass is 249 g/mol. The Morgan fingerprint density at radius 1 is 1.29 bits per heavy atom. The van der Waals surface area contributed by atoms with Crippen LogP contribution in [0.3, 0.4) is 0 Å². The van der Waals surface area contributed by atoms with Crippen LogP contribution in [-0.2, 0) is 5.54 Å². The Morgan fingerprint density at radius 2 is 2.00 bits per heavy atom. The lowest BCUT2D eigenvalue weighted by molar-refractivity contribution is 0.0380. The number of thiophene rings is 1. The van der Waals surface area contributed by atoms with Gasteiger partial charge in [0.1, 0.15) is 0 Å². The third kappa shape index (κ3) is 1.23. The van der Waals surface area contributed by atoms with Crippen LogP contribution >= 0.6 is 11.3 Å². The largest absolute Gasteiger partial charge is 0.320 e. The summed E-state index contributed by atoms with van der Waals surface area (Å²) < 4.78 is 0. The molecule has 17 heavy (non-hydrogen) atoms. The van der Waals surface area contributed by atoms with Crippen molar-refractivity contribution in [3.63, 3.8) is 0 Å². The molecule has 2 aliphatic rings. The van der Waals surface area contributed by atoms with Crippen molar-refractivity contribution in [2.24, 2.45) is 23.0 Å². The van der Waals surface area contributed by atoms with E-state index in [4.69, 9.17) is 5.73 Å². The van der Waals surface area contributed by atoms with Crippen LogP contribution in [0.2, 0.25) is 0 Å². The molecule has 2 heteroatoms. The average molecular weight is 249 g/mol. The van der Waals surface area contributed by atoms with Crippen molar-refractivity contribution in [1.82, 2.24) is 0 Å². The smallest absolute Gasteiger partial charge is 0.0591 e. The number of rotatable bonds is 3. The maximum absolute atomic E-state index is 7.02. The van der Waals surface area contributed by atoms with Crippen molar-refractivity contribution in [3.8, 4) is 0 Å². The third-order valence-corrected chi connectivity index (χ3v) is 6.89. The molecule has 1 unspecified atom stereocenters. The van der Waals surface area contributed by atoms with Gasteiger partial charge in [0.15, 0.2) is 0 Å². The molecule has 1 nitrogen and oxygen atoms in total. The molecule has 2 aliphatic carbocycles. The summed E-state index contributed by atoms with van der Waals surface area (Å²) in [5.74, 6) is 1.60. The van der Waals surface area contributed by atoms with E-state index in [0.717, 1.165) is 11.8 Å². The van der Waals surface area contributed by atoms with Crippen molar-refractivity contribution in [2.45, 2.75) is 51.5 Å². The van der Waals surface area contributed by atoms with Crippen molar-refractivity contribution < 1.29 is 0 Å². The summed E-state index contributed by atoms with van der Waals surface area (Å²) in [6.45, 7) is 4.69. The first-order valence-corrected chi connectivity index (χ1v) is 7.90. The van der Waals surface area contributed by atoms with Gasteiger partial charge in [-0.3, -0.25) is 0 Å². The van der Waals surface area contributed by atoms with Crippen LogP contribution in [0.1, 0.15) is 50.8 Å². The van der Waals surface area contributed by atoms with Crippen LogP contribution in [-0.4, -0.2) is 0 Å². The van der Waals surface area contributed by atoms with Crippen molar-refractivity contribution in [2.75, 3.05) is 0 Å². The fraction of sp³-hybridized carbons (Fsp3) is 0.733. The standard InChI is InChI=1S/C15H23NS/c1-3-14(4-2)11-7-8-12(10-11)15(14,16)13-6-5-9-17-13/h5-6,9,11-12H,3-4,7-8,10,16H2,1-2H3/t11?,12-,15+/m1/s1. The summed E-state index contributed by atoms with van der Waals surface area (Å²) in [6.07, 6.45) is 6.60. The molecule has 0 amide bonds. The highest BCUT2D eigenvalue weighted by molar-refractivity contribution is 7.10. The zero-order valence-corrected chi connectivity index (χ0v) is 11.7. The van der Waals surface area contributed by atoms with Crippen molar-refractivity contribution >= 4 is 11.3 Å². The number of nitrogens with two attached hydrogens (primary N) is 1. The lowest BCUT2D eigenvalue weighted by Gasteiger charge is -2.50. The van der Waals surface area contributed by atoms with Gasteiger partial charge in [0, 0.05) is 4.88 Å². The Bertz CT molecular complexity index is 393. The topological polar surface area (TPSA) is 26.0 Å². The first-order chi connectivity index (χ1) is 8.19. The highest BCUT2D eigenvalue weighted by Crippen LogP contribution is 2.67. The third-order valence-electron chi connectivity index (χ3n) is 5.87. The highest BCUT2D eigenvalue weighted by atomic mass is 32.1. The fourth-order valence-corrected chi connectivity index (χ4v) is 6.04. The van der Waals surface area contributed by atoms with Gasteiger partial charge in [0.25, 0.3) is 0 Å². The minimum absolute atomic E-state index is 0.0341. The van der Waals surface area contributed by atoms with Gasteiger partial charge in [-0.25, -0.2) is 0 Å². The summed E-state index contributed by atoms with van der Waals surface area (Å²) in [5.41, 5.74) is 7.35. The van der Waals surface area contributed by atoms with Gasteiger partial charge in [-0.05, 0) is 60.8 Å². The Balaban J connectivity index is 2.13. The van der Waals surface area contributed by atoms with Gasteiger partial charge in [-0.2, -0.15) is 0 Å². The average Bonchev–Trinajstić information content (AvgIpc) is 3.06. The van der Waals surface area contributed by atoms with Crippen LogP contribution in [0, 0.1) is 17.3 Å². The molecule has 2 bridgehead atoms. The lowest BCUT2D eigenvalue weighted by Crippen LogP contribution is -2.55. The molecule has 1 aromatic heterocycles. The fourth-order valence-electron chi connectivity index (χ4n) is 5.01. The van der Waals surface area contributed by atoms with E-state index < -0.39 is 0 Å². The highest BCUT2D eigenvalue weighted by Gasteiger charge is 2.64. The van der Waals surface area contributed by atoms with E-state index in [1.165, 1.54) is 37.0 Å². The molecule has 0 aliphatic heterocycles. The molecule has 2 N–H and O–H groups in total. The number of fused-ring (bicyclic) bond motifs is 2. The van der Waals surface area contributed by atoms with Gasteiger partial charge in [-0.15, -0.1) is 11.3 Å². The molecule has 0 aromatic carbocycles. The summed E-state index contributed by atoms with van der Waals surface area (Å²) >= 11 is 1.87. The second-order valence-electron chi connectivity index (χ2n) is 5.92. The predicted octanol–water partition coefficient (Wildman–Crippen LogP) is 4.14. The van der Waals surface area contributed by atoms with E-state index in [2.05, 4.69) is 31.4 Å². The summed E-state index contributed by atoms with van der Waals surface area (Å²) in [5, 5.41) is 2.19. The summed E-state index contributed by atoms with van der Waals surface area (Å²) in [6, 6.07) is 4.43. The van der Waals surface area contributed by atoms with Crippen LogP contribution in [0.15, 0.2) is 17.5 Å². The maximum Gasteiger partial charge on any atom is 0.0591 e. The van der Waals surface area contributed by atoms with E-state index >= 15 is 0 Å². The Morgan fingerprint density at radius 3 is 2.59 bits per heavy atom. The number of hydrogen-bond acceptors (Lipinski definition) is 2. The van der Waals surface area contributed by atoms with Gasteiger partial charge in [-0.1, -0.05) is 19.9 Å². The zero-order chi connectivity index (χ0) is 12.1. The minimum Gasteiger partial charge on any atom is -0.320 e. The van der Waals surface area contributed by atoms with E-state index in [-0.39, 0.29) is 5.54 Å². The zero-order valence-electron chi connectivity index (χ0n) is 10.9. The molecule has 94 valence electrons. The Kier molecular flexibility index (Phi) is 2.64. The van der Waals surface area contributed by atoms with Gasteiger partial charge in [0.2, 0.25) is 0 Å². The van der Waals surface area contributed by atoms with Gasteiger partial charge < -0.3 is 5.73 Å². The summed E-state index contributed by atoms with van der Waals surface area (Å²) in [4.78, 5) is 1.44. The molecular formula is C15H23NS. The summed E-state index contributed by atoms with van der Waals surface area (Å²) in [7, 11) is 0. The minimum atomic E-state index is -0.0341. The quantitative estimate of drug-likeness (QED) is 0.856. The second-order valence-corrected chi connectivity index (χ2v) is 6.86. The van der Waals surface area contributed by atoms with Crippen LogP contribution in [0.25, 0.3) is 0 Å². The Labute approximate surface area is 108 Å². The molecule has 3 rings (SSSR count). The van der Waals surface area contributed by atoms with Gasteiger partial charge >= 0.3 is 0 Å². The SMILES string of the molecule is CCC1(CC)C2CC[C@H](C2)[C@]1(N)c1cccs1. The van der Waals surface area contributed by atoms with E-state index in [0.29, 0.717) is 5.41 Å². The predicted molar refractivity (Wildman–Crippen MR) is 74.0 cm³/mol. The Hall–Kier alpha value is -0.340. The normalized spacial score (nSPS) is 38.8. The van der Waals surface area contributed by atoms with Crippen LogP contribution in [0.4, 0.5) is 0 Å². The van der Waals surface area contributed by atoms with Gasteiger partial charge in [0.05, 0.1) is 5.54 Å². The van der Waals surface area contributed by atoms with E-state index in [9.17, 15) is 0 Å². The van der Waals surface area contributed by atoms with Crippen LogP contribution in [0.5, 0.6) is 0 Å².